The molecular weight excluding hydrogens is 262 g/mol. The van der Waals surface area contributed by atoms with Gasteiger partial charge < -0.3 is 5.32 Å². The van der Waals surface area contributed by atoms with Crippen molar-refractivity contribution in [2.45, 2.75) is 6.54 Å². The summed E-state index contributed by atoms with van der Waals surface area (Å²) in [4.78, 5) is 9.34. The van der Waals surface area contributed by atoms with E-state index in [1.54, 1.807) is 17.5 Å². The number of hydrogen-bond acceptors (Lipinski definition) is 4. The Labute approximate surface area is 94.4 Å². The number of hydrogen-bond donors (Lipinski definition) is 1. The molecular formula is C9H8BrN3S. The molecule has 72 valence electrons. The molecule has 14 heavy (non-hydrogen) atoms. The molecule has 0 fully saturated rings. The van der Waals surface area contributed by atoms with Crippen LogP contribution in [0.5, 0.6) is 0 Å². The van der Waals surface area contributed by atoms with Crippen molar-refractivity contribution in [2.75, 3.05) is 5.32 Å². The van der Waals surface area contributed by atoms with Gasteiger partial charge in [0.05, 0.1) is 17.7 Å². The summed E-state index contributed by atoms with van der Waals surface area (Å²) in [5.74, 6) is 0. The Balaban J connectivity index is 2.02. The summed E-state index contributed by atoms with van der Waals surface area (Å²) in [5, 5.41) is 3.28. The van der Waals surface area contributed by atoms with Crippen LogP contribution in [0.4, 0.5) is 5.69 Å². The topological polar surface area (TPSA) is 37.8 Å². The summed E-state index contributed by atoms with van der Waals surface area (Å²) in [7, 11) is 0. The summed E-state index contributed by atoms with van der Waals surface area (Å²) in [6.45, 7) is 0.787. The maximum absolute atomic E-state index is 4.12. The Morgan fingerprint density at radius 3 is 3.14 bits per heavy atom. The van der Waals surface area contributed by atoms with Crippen LogP contribution >= 0.6 is 27.3 Å². The first kappa shape index (κ1) is 9.61. The van der Waals surface area contributed by atoms with E-state index in [0.717, 1.165) is 16.8 Å². The van der Waals surface area contributed by atoms with Gasteiger partial charge >= 0.3 is 0 Å². The van der Waals surface area contributed by atoms with Gasteiger partial charge in [-0.15, -0.1) is 11.3 Å². The number of pyridine rings is 1. The number of nitrogens with one attached hydrogen (secondary N) is 1. The fourth-order valence-electron chi connectivity index (χ4n) is 1.03. The van der Waals surface area contributed by atoms with Gasteiger partial charge in [-0.1, -0.05) is 0 Å². The van der Waals surface area contributed by atoms with Crippen LogP contribution in [0.3, 0.4) is 0 Å². The zero-order valence-corrected chi connectivity index (χ0v) is 9.68. The Hall–Kier alpha value is -0.940. The molecule has 0 aliphatic rings. The molecule has 2 rings (SSSR count). The zero-order chi connectivity index (χ0) is 9.80. The highest BCUT2D eigenvalue weighted by Crippen LogP contribution is 2.19. The second-order valence-corrected chi connectivity index (χ2v) is 4.39. The summed E-state index contributed by atoms with van der Waals surface area (Å²) in [6, 6.07) is 3.89. The largest absolute Gasteiger partial charge is 0.378 e. The highest BCUT2D eigenvalue weighted by Gasteiger charge is 1.99. The van der Waals surface area contributed by atoms with Gasteiger partial charge in [0.15, 0.2) is 0 Å². The fourth-order valence-corrected chi connectivity index (χ4v) is 1.95. The molecule has 0 spiro atoms. The molecule has 0 aliphatic heterocycles. The SMILES string of the molecule is Brc1ncccc1NCc1cncs1. The molecule has 0 saturated heterocycles. The lowest BCUT2D eigenvalue weighted by molar-refractivity contribution is 1.15. The van der Waals surface area contributed by atoms with Crippen LogP contribution in [-0.4, -0.2) is 9.97 Å². The normalized spacial score (nSPS) is 10.1. The van der Waals surface area contributed by atoms with Crippen molar-refractivity contribution in [2.24, 2.45) is 0 Å². The Bertz CT molecular complexity index is 402. The van der Waals surface area contributed by atoms with Gasteiger partial charge in [0.1, 0.15) is 4.60 Å². The Kier molecular flexibility index (Phi) is 3.10. The van der Waals surface area contributed by atoms with Gasteiger partial charge in [-0.25, -0.2) is 4.98 Å². The number of aromatic nitrogens is 2. The molecule has 0 bridgehead atoms. The Morgan fingerprint density at radius 1 is 1.50 bits per heavy atom. The van der Waals surface area contributed by atoms with Gasteiger partial charge in [0, 0.05) is 17.3 Å². The van der Waals surface area contributed by atoms with Gasteiger partial charge in [0.25, 0.3) is 0 Å². The van der Waals surface area contributed by atoms with E-state index in [4.69, 9.17) is 0 Å². The first-order valence-corrected chi connectivity index (χ1v) is 5.75. The second kappa shape index (κ2) is 4.52. The van der Waals surface area contributed by atoms with E-state index in [9.17, 15) is 0 Å². The van der Waals surface area contributed by atoms with Crippen molar-refractivity contribution in [3.63, 3.8) is 0 Å². The fraction of sp³-hybridized carbons (Fsp3) is 0.111. The second-order valence-electron chi connectivity index (χ2n) is 2.66. The molecule has 1 N–H and O–H groups in total. The molecule has 0 aliphatic carbocycles. The van der Waals surface area contributed by atoms with Crippen LogP contribution in [0, 0.1) is 0 Å². The number of halogens is 1. The molecule has 2 aromatic rings. The van der Waals surface area contributed by atoms with Crippen LogP contribution in [0.25, 0.3) is 0 Å². The lowest BCUT2D eigenvalue weighted by atomic mass is 10.4. The van der Waals surface area contributed by atoms with E-state index in [-0.39, 0.29) is 0 Å². The number of anilines is 1. The number of nitrogens with zero attached hydrogens (tertiary/aromatic N) is 2. The van der Waals surface area contributed by atoms with Gasteiger partial charge in [-0.05, 0) is 28.1 Å². The minimum atomic E-state index is 0.787. The van der Waals surface area contributed by atoms with Crippen LogP contribution in [0.15, 0.2) is 34.6 Å². The maximum atomic E-state index is 4.12. The molecule has 0 atom stereocenters. The third kappa shape index (κ3) is 2.30. The minimum Gasteiger partial charge on any atom is -0.378 e. The summed E-state index contributed by atoms with van der Waals surface area (Å²) >= 11 is 5.01. The quantitative estimate of drug-likeness (QED) is 0.871. The summed E-state index contributed by atoms with van der Waals surface area (Å²) in [6.07, 6.45) is 3.61. The Morgan fingerprint density at radius 2 is 2.43 bits per heavy atom. The molecule has 5 heteroatoms. The van der Waals surface area contributed by atoms with Crippen molar-refractivity contribution >= 4 is 33.0 Å². The lowest BCUT2D eigenvalue weighted by Gasteiger charge is -2.05. The predicted molar refractivity (Wildman–Crippen MR) is 61.4 cm³/mol. The summed E-state index contributed by atoms with van der Waals surface area (Å²) in [5.41, 5.74) is 2.83. The van der Waals surface area contributed by atoms with Crippen LogP contribution < -0.4 is 5.32 Å². The van der Waals surface area contributed by atoms with E-state index >= 15 is 0 Å². The van der Waals surface area contributed by atoms with Crippen molar-refractivity contribution < 1.29 is 0 Å². The van der Waals surface area contributed by atoms with Gasteiger partial charge in [-0.2, -0.15) is 0 Å². The molecule has 2 heterocycles. The van der Waals surface area contributed by atoms with Crippen molar-refractivity contribution in [3.8, 4) is 0 Å². The third-order valence-electron chi connectivity index (χ3n) is 1.70. The van der Waals surface area contributed by atoms with E-state index in [0.29, 0.717) is 0 Å². The van der Waals surface area contributed by atoms with E-state index in [1.807, 2.05) is 23.8 Å². The molecule has 0 radical (unpaired) electrons. The minimum absolute atomic E-state index is 0.787. The number of rotatable bonds is 3. The molecule has 3 nitrogen and oxygen atoms in total. The zero-order valence-electron chi connectivity index (χ0n) is 7.27. The maximum Gasteiger partial charge on any atom is 0.129 e. The molecule has 0 amide bonds. The van der Waals surface area contributed by atoms with Crippen molar-refractivity contribution in [1.82, 2.24) is 9.97 Å². The van der Waals surface area contributed by atoms with E-state index in [2.05, 4.69) is 31.2 Å². The van der Waals surface area contributed by atoms with Crippen molar-refractivity contribution in [3.05, 3.63) is 39.5 Å². The lowest BCUT2D eigenvalue weighted by Crippen LogP contribution is -1.98. The highest BCUT2D eigenvalue weighted by molar-refractivity contribution is 9.10. The van der Waals surface area contributed by atoms with Crippen LogP contribution in [-0.2, 0) is 6.54 Å². The predicted octanol–water partition coefficient (Wildman–Crippen LogP) is 2.91. The van der Waals surface area contributed by atoms with Gasteiger partial charge in [-0.3, -0.25) is 4.98 Å². The van der Waals surface area contributed by atoms with Crippen LogP contribution in [0.1, 0.15) is 4.88 Å². The van der Waals surface area contributed by atoms with Crippen molar-refractivity contribution in [1.29, 1.82) is 0 Å². The average Bonchev–Trinajstić information content (AvgIpc) is 2.69. The van der Waals surface area contributed by atoms with E-state index in [1.165, 1.54) is 4.88 Å². The first-order valence-electron chi connectivity index (χ1n) is 4.08. The summed E-state index contributed by atoms with van der Waals surface area (Å²) < 4.78 is 0.838. The third-order valence-corrected chi connectivity index (χ3v) is 3.11. The molecule has 0 saturated carbocycles. The first-order chi connectivity index (χ1) is 6.86. The molecule has 2 aromatic heterocycles. The standard InChI is InChI=1S/C9H8BrN3S/c10-9-8(2-1-3-12-9)13-5-7-4-11-6-14-7/h1-4,6,13H,5H2. The average molecular weight is 270 g/mol. The molecule has 0 unspecified atom stereocenters. The highest BCUT2D eigenvalue weighted by atomic mass is 79.9. The number of thiazole rings is 1. The molecule has 0 aromatic carbocycles. The smallest absolute Gasteiger partial charge is 0.129 e. The monoisotopic (exact) mass is 269 g/mol. The van der Waals surface area contributed by atoms with E-state index < -0.39 is 0 Å². The van der Waals surface area contributed by atoms with Gasteiger partial charge in [0.2, 0.25) is 0 Å². The van der Waals surface area contributed by atoms with Crippen LogP contribution in [0.2, 0.25) is 0 Å².